The molecule has 0 amide bonds. The van der Waals surface area contributed by atoms with Crippen molar-refractivity contribution in [3.05, 3.63) is 34.9 Å². The van der Waals surface area contributed by atoms with Crippen molar-refractivity contribution >= 4 is 0 Å². The van der Waals surface area contributed by atoms with Gasteiger partial charge in [-0.2, -0.15) is 0 Å². The number of hydrogen-bond donors (Lipinski definition) is 0. The van der Waals surface area contributed by atoms with E-state index in [0.29, 0.717) is 0 Å². The van der Waals surface area contributed by atoms with Gasteiger partial charge in [-0.3, -0.25) is 0 Å². The third-order valence-corrected chi connectivity index (χ3v) is 1.70. The fourth-order valence-electron chi connectivity index (χ4n) is 1.03. The van der Waals surface area contributed by atoms with Crippen LogP contribution in [0.25, 0.3) is 0 Å². The first-order valence-corrected chi connectivity index (χ1v) is 3.73. The lowest BCUT2D eigenvalue weighted by molar-refractivity contribution is 1.33. The van der Waals surface area contributed by atoms with Gasteiger partial charge in [0.25, 0.3) is 0 Å². The second kappa shape index (κ2) is 3.25. The van der Waals surface area contributed by atoms with E-state index in [-0.39, 0.29) is 0 Å². The Balaban J connectivity index is 2.81. The van der Waals surface area contributed by atoms with Crippen LogP contribution in [0.4, 0.5) is 0 Å². The quantitative estimate of drug-likeness (QED) is 0.496. The Bertz CT molecular complexity index is 276. The van der Waals surface area contributed by atoms with E-state index in [9.17, 15) is 0 Å². The van der Waals surface area contributed by atoms with E-state index in [2.05, 4.69) is 38.0 Å². The van der Waals surface area contributed by atoms with Crippen molar-refractivity contribution in [2.75, 3.05) is 0 Å². The summed E-state index contributed by atoms with van der Waals surface area (Å²) in [5, 5.41) is 0. The Labute approximate surface area is 68.3 Å². The summed E-state index contributed by atoms with van der Waals surface area (Å²) in [6.07, 6.45) is 12.3. The van der Waals surface area contributed by atoms with E-state index < -0.39 is 0 Å². The Kier molecular flexibility index (Phi) is 2.33. The minimum Gasteiger partial charge on any atom is -0.120 e. The highest BCUT2D eigenvalue weighted by molar-refractivity contribution is 5.48. The van der Waals surface area contributed by atoms with Crippen LogP contribution in [0.2, 0.25) is 0 Å². The maximum Gasteiger partial charge on any atom is 0.0337 e. The van der Waals surface area contributed by atoms with Gasteiger partial charge in [0.15, 0.2) is 0 Å². The van der Waals surface area contributed by atoms with Crippen LogP contribution in [0.3, 0.4) is 0 Å². The van der Waals surface area contributed by atoms with Gasteiger partial charge in [-0.25, -0.2) is 0 Å². The van der Waals surface area contributed by atoms with Crippen LogP contribution in [0.1, 0.15) is 20.3 Å². The molecule has 1 aliphatic carbocycles. The summed E-state index contributed by atoms with van der Waals surface area (Å²) in [5.74, 6) is 2.63. The molecule has 0 heteroatoms. The average molecular weight is 144 g/mol. The molecule has 1 aliphatic rings. The highest BCUT2D eigenvalue weighted by atomic mass is 14.1. The first-order chi connectivity index (χ1) is 5.24. The molecule has 0 aromatic carbocycles. The third-order valence-electron chi connectivity index (χ3n) is 1.70. The lowest BCUT2D eigenvalue weighted by Gasteiger charge is -1.92. The normalized spacial score (nSPS) is 14.6. The van der Waals surface area contributed by atoms with E-state index in [0.717, 1.165) is 6.42 Å². The summed E-state index contributed by atoms with van der Waals surface area (Å²) in [6, 6.07) is 0. The third kappa shape index (κ3) is 1.85. The molecular formula is C11H12. The number of hydrogen-bond acceptors (Lipinski definition) is 0. The molecule has 0 atom stereocenters. The highest BCUT2D eigenvalue weighted by Gasteiger charge is 2.00. The molecule has 11 heavy (non-hydrogen) atoms. The molecule has 0 bridgehead atoms. The molecule has 0 aromatic rings. The van der Waals surface area contributed by atoms with E-state index >= 15 is 0 Å². The summed E-state index contributed by atoms with van der Waals surface area (Å²) < 4.78 is 0. The largest absolute Gasteiger partial charge is 0.120 e. The predicted octanol–water partition coefficient (Wildman–Crippen LogP) is 2.84. The second-order valence-corrected chi connectivity index (χ2v) is 2.89. The summed E-state index contributed by atoms with van der Waals surface area (Å²) in [7, 11) is 0. The number of terminal acetylenes is 1. The van der Waals surface area contributed by atoms with Gasteiger partial charge >= 0.3 is 0 Å². The second-order valence-electron chi connectivity index (χ2n) is 2.89. The van der Waals surface area contributed by atoms with E-state index in [1.54, 1.807) is 0 Å². The molecule has 0 saturated carbocycles. The molecule has 0 aliphatic heterocycles. The maximum atomic E-state index is 5.19. The molecule has 0 spiro atoms. The Hall–Kier alpha value is -1.22. The molecule has 0 N–H and O–H groups in total. The zero-order valence-electron chi connectivity index (χ0n) is 7.02. The van der Waals surface area contributed by atoms with Crippen molar-refractivity contribution in [1.29, 1.82) is 0 Å². The summed E-state index contributed by atoms with van der Waals surface area (Å²) >= 11 is 0. The van der Waals surface area contributed by atoms with E-state index in [4.69, 9.17) is 6.42 Å². The Morgan fingerprint density at radius 2 is 2.18 bits per heavy atom. The van der Waals surface area contributed by atoms with Crippen molar-refractivity contribution in [3.63, 3.8) is 0 Å². The molecule has 0 saturated heterocycles. The summed E-state index contributed by atoms with van der Waals surface area (Å²) in [5.41, 5.74) is 3.88. The monoisotopic (exact) mass is 144 g/mol. The van der Waals surface area contributed by atoms with Gasteiger partial charge in [-0.1, -0.05) is 23.8 Å². The lowest BCUT2D eigenvalue weighted by atomic mass is 10.1. The molecule has 0 aromatic heterocycles. The van der Waals surface area contributed by atoms with Gasteiger partial charge in [0.05, 0.1) is 0 Å². The van der Waals surface area contributed by atoms with Crippen LogP contribution in [0, 0.1) is 12.3 Å². The van der Waals surface area contributed by atoms with Crippen molar-refractivity contribution in [2.24, 2.45) is 0 Å². The van der Waals surface area contributed by atoms with Crippen molar-refractivity contribution in [3.8, 4) is 12.3 Å². The fourth-order valence-corrected chi connectivity index (χ4v) is 1.03. The van der Waals surface area contributed by atoms with Crippen molar-refractivity contribution in [1.82, 2.24) is 0 Å². The topological polar surface area (TPSA) is 0 Å². The van der Waals surface area contributed by atoms with Gasteiger partial charge in [0.2, 0.25) is 0 Å². The van der Waals surface area contributed by atoms with E-state index in [1.165, 1.54) is 16.7 Å². The van der Waals surface area contributed by atoms with Crippen molar-refractivity contribution in [2.45, 2.75) is 20.3 Å². The fraction of sp³-hybridized carbons (Fsp3) is 0.273. The predicted molar refractivity (Wildman–Crippen MR) is 49.0 cm³/mol. The maximum absolute atomic E-state index is 5.19. The first-order valence-electron chi connectivity index (χ1n) is 3.73. The molecule has 56 valence electrons. The number of rotatable bonds is 1. The highest BCUT2D eigenvalue weighted by Crippen LogP contribution is 2.19. The SMILES string of the molecule is C#CCC1=CC(=C(C)C)C=C1. The minimum atomic E-state index is 0.743. The smallest absolute Gasteiger partial charge is 0.0337 e. The van der Waals surface area contributed by atoms with Crippen LogP contribution < -0.4 is 0 Å². The lowest BCUT2D eigenvalue weighted by Crippen LogP contribution is -1.73. The van der Waals surface area contributed by atoms with Crippen LogP contribution in [0.5, 0.6) is 0 Å². The molecule has 1 rings (SSSR count). The average Bonchev–Trinajstić information content (AvgIpc) is 2.37. The van der Waals surface area contributed by atoms with E-state index in [1.807, 2.05) is 0 Å². The molecule has 0 radical (unpaired) electrons. The van der Waals surface area contributed by atoms with Crippen LogP contribution in [-0.2, 0) is 0 Å². The first kappa shape index (κ1) is 7.88. The zero-order valence-corrected chi connectivity index (χ0v) is 7.02. The summed E-state index contributed by atoms with van der Waals surface area (Å²) in [4.78, 5) is 0. The molecule has 0 unspecified atom stereocenters. The Morgan fingerprint density at radius 1 is 1.45 bits per heavy atom. The zero-order chi connectivity index (χ0) is 8.27. The van der Waals surface area contributed by atoms with Gasteiger partial charge in [-0.05, 0) is 25.0 Å². The molecule has 0 fully saturated rings. The van der Waals surface area contributed by atoms with Gasteiger partial charge in [0.1, 0.15) is 0 Å². The van der Waals surface area contributed by atoms with Crippen molar-refractivity contribution < 1.29 is 0 Å². The molecular weight excluding hydrogens is 132 g/mol. The number of allylic oxidation sites excluding steroid dienone is 6. The van der Waals surface area contributed by atoms with Crippen LogP contribution >= 0.6 is 0 Å². The van der Waals surface area contributed by atoms with Gasteiger partial charge < -0.3 is 0 Å². The van der Waals surface area contributed by atoms with Crippen LogP contribution in [-0.4, -0.2) is 0 Å². The minimum absolute atomic E-state index is 0.743. The molecule has 0 heterocycles. The van der Waals surface area contributed by atoms with Crippen LogP contribution in [0.15, 0.2) is 34.9 Å². The van der Waals surface area contributed by atoms with Gasteiger partial charge in [0, 0.05) is 6.42 Å². The molecule has 0 nitrogen and oxygen atoms in total. The summed E-state index contributed by atoms with van der Waals surface area (Å²) in [6.45, 7) is 4.21. The van der Waals surface area contributed by atoms with Gasteiger partial charge in [-0.15, -0.1) is 12.3 Å². The Morgan fingerprint density at radius 3 is 2.64 bits per heavy atom. The standard InChI is InChI=1S/C11H12/c1-4-5-10-6-7-11(8-10)9(2)3/h1,6-8H,5H2,2-3H3.